The van der Waals surface area contributed by atoms with Crippen LogP contribution < -0.4 is 0 Å². The summed E-state index contributed by atoms with van der Waals surface area (Å²) < 4.78 is 5.38. The molecule has 2 aliphatic rings. The third kappa shape index (κ3) is 4.55. The number of hydrogen-bond donors (Lipinski definition) is 1. The van der Waals surface area contributed by atoms with Crippen molar-refractivity contribution in [1.82, 2.24) is 9.80 Å². The van der Waals surface area contributed by atoms with Crippen LogP contribution in [0, 0.1) is 5.92 Å². The maximum absolute atomic E-state index is 12.0. The number of rotatable bonds is 4. The minimum Gasteiger partial charge on any atom is -0.481 e. The molecule has 0 bridgehead atoms. The van der Waals surface area contributed by atoms with Gasteiger partial charge >= 0.3 is 12.1 Å². The number of ether oxygens (including phenoxy) is 1. The molecule has 0 radical (unpaired) electrons. The van der Waals surface area contributed by atoms with Gasteiger partial charge in [0, 0.05) is 32.1 Å². The lowest BCUT2D eigenvalue weighted by atomic mass is 9.91. The number of likely N-dealkylation sites (tertiary alicyclic amines) is 2. The highest BCUT2D eigenvalue weighted by Crippen LogP contribution is 2.29. The van der Waals surface area contributed by atoms with Gasteiger partial charge in [-0.05, 0) is 44.9 Å². The molecule has 2 aliphatic heterocycles. The van der Waals surface area contributed by atoms with Gasteiger partial charge in [-0.3, -0.25) is 9.69 Å². The summed E-state index contributed by atoms with van der Waals surface area (Å²) in [5, 5.41) is 9.09. The van der Waals surface area contributed by atoms with E-state index in [0.29, 0.717) is 25.6 Å². The minimum absolute atomic E-state index is 0.233. The van der Waals surface area contributed by atoms with Crippen LogP contribution in [-0.2, 0) is 16.1 Å². The lowest BCUT2D eigenvalue weighted by Gasteiger charge is -2.40. The predicted molar refractivity (Wildman–Crippen MR) is 98.0 cm³/mol. The van der Waals surface area contributed by atoms with Gasteiger partial charge in [-0.2, -0.15) is 0 Å². The van der Waals surface area contributed by atoms with Gasteiger partial charge in [0.05, 0.1) is 5.92 Å². The molecule has 0 unspecified atom stereocenters. The molecule has 1 aromatic carbocycles. The maximum atomic E-state index is 12.0. The fourth-order valence-electron chi connectivity index (χ4n) is 3.50. The van der Waals surface area contributed by atoms with Crippen LogP contribution in [-0.4, -0.2) is 58.7 Å². The Balaban J connectivity index is 1.47. The van der Waals surface area contributed by atoms with E-state index in [-0.39, 0.29) is 12.0 Å². The highest BCUT2D eigenvalue weighted by Gasteiger charge is 2.34. The standard InChI is InChI=1S/C20H28N2O4/c1-20(2,3)26-19(25)22-12-17(13-22)15-6-4-14(5-7-15)10-21-9-8-16(11-21)18(23)24/h4-7,16-17H,8-13H2,1-3H3,(H,23,24)/t16-/m0/s1. The molecule has 3 rings (SSSR count). The molecule has 142 valence electrons. The first-order valence-corrected chi connectivity index (χ1v) is 9.23. The van der Waals surface area contributed by atoms with Crippen molar-refractivity contribution >= 4 is 12.1 Å². The van der Waals surface area contributed by atoms with E-state index >= 15 is 0 Å². The fourth-order valence-corrected chi connectivity index (χ4v) is 3.50. The number of carbonyl (C=O) groups excluding carboxylic acids is 1. The normalized spacial score (nSPS) is 21.5. The molecule has 2 saturated heterocycles. The van der Waals surface area contributed by atoms with E-state index in [1.54, 1.807) is 4.90 Å². The number of carboxylic acids is 1. The number of carboxylic acid groups (broad SMARTS) is 1. The summed E-state index contributed by atoms with van der Waals surface area (Å²) in [6.45, 7) is 9.27. The molecule has 0 aliphatic carbocycles. The molecule has 0 spiro atoms. The Hall–Kier alpha value is -2.08. The van der Waals surface area contributed by atoms with E-state index in [1.165, 1.54) is 11.1 Å². The van der Waals surface area contributed by atoms with Crippen LogP contribution in [0.3, 0.4) is 0 Å². The molecular weight excluding hydrogens is 332 g/mol. The highest BCUT2D eigenvalue weighted by atomic mass is 16.6. The van der Waals surface area contributed by atoms with Crippen molar-refractivity contribution < 1.29 is 19.4 Å². The van der Waals surface area contributed by atoms with Crippen LogP contribution in [0.15, 0.2) is 24.3 Å². The summed E-state index contributed by atoms with van der Waals surface area (Å²) in [6, 6.07) is 8.47. The number of aliphatic carboxylic acids is 1. The number of benzene rings is 1. The molecule has 1 atom stereocenters. The van der Waals surface area contributed by atoms with E-state index in [1.807, 2.05) is 20.8 Å². The highest BCUT2D eigenvalue weighted by molar-refractivity contribution is 5.70. The Morgan fingerprint density at radius 3 is 2.35 bits per heavy atom. The molecule has 2 heterocycles. The Labute approximate surface area is 154 Å². The second-order valence-corrected chi connectivity index (χ2v) is 8.38. The summed E-state index contributed by atoms with van der Waals surface area (Å²) in [4.78, 5) is 27.0. The second kappa shape index (κ2) is 7.27. The van der Waals surface area contributed by atoms with Crippen molar-refractivity contribution in [2.75, 3.05) is 26.2 Å². The van der Waals surface area contributed by atoms with Gasteiger partial charge < -0.3 is 14.7 Å². The van der Waals surface area contributed by atoms with Gasteiger partial charge in [0.2, 0.25) is 0 Å². The molecule has 26 heavy (non-hydrogen) atoms. The van der Waals surface area contributed by atoms with Gasteiger partial charge in [-0.1, -0.05) is 24.3 Å². The molecule has 1 N–H and O–H groups in total. The van der Waals surface area contributed by atoms with E-state index < -0.39 is 11.6 Å². The predicted octanol–water partition coefficient (Wildman–Crippen LogP) is 2.93. The zero-order valence-corrected chi connectivity index (χ0v) is 15.8. The molecule has 2 fully saturated rings. The Morgan fingerprint density at radius 1 is 1.15 bits per heavy atom. The largest absolute Gasteiger partial charge is 0.481 e. The van der Waals surface area contributed by atoms with Gasteiger partial charge in [-0.15, -0.1) is 0 Å². The van der Waals surface area contributed by atoms with Crippen LogP contribution in [0.1, 0.15) is 44.2 Å². The quantitative estimate of drug-likeness (QED) is 0.894. The van der Waals surface area contributed by atoms with Crippen molar-refractivity contribution in [3.05, 3.63) is 35.4 Å². The summed E-state index contributed by atoms with van der Waals surface area (Å²) >= 11 is 0. The second-order valence-electron chi connectivity index (χ2n) is 8.38. The van der Waals surface area contributed by atoms with Crippen molar-refractivity contribution in [2.24, 2.45) is 5.92 Å². The lowest BCUT2D eigenvalue weighted by Crippen LogP contribution is -2.50. The Bertz CT molecular complexity index is 659. The fraction of sp³-hybridized carbons (Fsp3) is 0.600. The SMILES string of the molecule is CC(C)(C)OC(=O)N1CC(c2ccc(CN3CC[C@H](C(=O)O)C3)cc2)C1. The Kier molecular flexibility index (Phi) is 5.23. The first-order chi connectivity index (χ1) is 12.2. The topological polar surface area (TPSA) is 70.1 Å². The summed E-state index contributed by atoms with van der Waals surface area (Å²) in [5.74, 6) is -0.565. The molecule has 0 aromatic heterocycles. The zero-order valence-electron chi connectivity index (χ0n) is 15.8. The van der Waals surface area contributed by atoms with Crippen molar-refractivity contribution in [3.63, 3.8) is 0 Å². The van der Waals surface area contributed by atoms with Crippen LogP contribution in [0.4, 0.5) is 4.79 Å². The van der Waals surface area contributed by atoms with E-state index in [0.717, 1.165) is 19.5 Å². The molecule has 6 nitrogen and oxygen atoms in total. The molecule has 1 aromatic rings. The summed E-state index contributed by atoms with van der Waals surface area (Å²) in [7, 11) is 0. The van der Waals surface area contributed by atoms with Gasteiger partial charge in [0.15, 0.2) is 0 Å². The number of nitrogens with zero attached hydrogens (tertiary/aromatic N) is 2. The number of amides is 1. The first kappa shape index (κ1) is 18.7. The maximum Gasteiger partial charge on any atom is 0.410 e. The number of hydrogen-bond acceptors (Lipinski definition) is 4. The van der Waals surface area contributed by atoms with Gasteiger partial charge in [0.25, 0.3) is 0 Å². The van der Waals surface area contributed by atoms with Crippen LogP contribution in [0.25, 0.3) is 0 Å². The zero-order chi connectivity index (χ0) is 18.9. The average molecular weight is 360 g/mol. The van der Waals surface area contributed by atoms with Gasteiger partial charge in [0.1, 0.15) is 5.60 Å². The Morgan fingerprint density at radius 2 is 1.81 bits per heavy atom. The van der Waals surface area contributed by atoms with Gasteiger partial charge in [-0.25, -0.2) is 4.79 Å². The summed E-state index contributed by atoms with van der Waals surface area (Å²) in [6.07, 6.45) is 0.489. The first-order valence-electron chi connectivity index (χ1n) is 9.23. The molecule has 0 saturated carbocycles. The monoisotopic (exact) mass is 360 g/mol. The molecular formula is C20H28N2O4. The number of carbonyl (C=O) groups is 2. The summed E-state index contributed by atoms with van der Waals surface area (Å²) in [5.41, 5.74) is 1.97. The van der Waals surface area contributed by atoms with E-state index in [4.69, 9.17) is 9.84 Å². The van der Waals surface area contributed by atoms with Crippen LogP contribution in [0.5, 0.6) is 0 Å². The van der Waals surface area contributed by atoms with Crippen molar-refractivity contribution in [2.45, 2.75) is 45.3 Å². The minimum atomic E-state index is -0.692. The smallest absolute Gasteiger partial charge is 0.410 e. The van der Waals surface area contributed by atoms with Crippen molar-refractivity contribution in [1.29, 1.82) is 0 Å². The molecule has 1 amide bonds. The van der Waals surface area contributed by atoms with E-state index in [2.05, 4.69) is 29.2 Å². The van der Waals surface area contributed by atoms with Crippen LogP contribution in [0.2, 0.25) is 0 Å². The lowest BCUT2D eigenvalue weighted by molar-refractivity contribution is -0.141. The average Bonchev–Trinajstić information content (AvgIpc) is 2.94. The molecule has 6 heteroatoms. The van der Waals surface area contributed by atoms with Crippen LogP contribution >= 0.6 is 0 Å². The third-order valence-electron chi connectivity index (χ3n) is 5.01. The van der Waals surface area contributed by atoms with E-state index in [9.17, 15) is 9.59 Å². The van der Waals surface area contributed by atoms with Crippen molar-refractivity contribution in [3.8, 4) is 0 Å². The third-order valence-corrected chi connectivity index (χ3v) is 5.01.